The Bertz CT molecular complexity index is 594. The van der Waals surface area contributed by atoms with Crippen molar-refractivity contribution in [2.45, 2.75) is 46.6 Å². The predicted octanol–water partition coefficient (Wildman–Crippen LogP) is 3.01. The summed E-state index contributed by atoms with van der Waals surface area (Å²) >= 11 is 0. The first-order valence-corrected chi connectivity index (χ1v) is 7.33. The Kier molecular flexibility index (Phi) is 4.78. The molecular formula is C17H23N3O. The van der Waals surface area contributed by atoms with Gasteiger partial charge in [0.1, 0.15) is 0 Å². The summed E-state index contributed by atoms with van der Waals surface area (Å²) in [5.74, 6) is -0.00233. The average molecular weight is 285 g/mol. The van der Waals surface area contributed by atoms with Crippen LogP contribution in [0.25, 0.3) is 0 Å². The van der Waals surface area contributed by atoms with Gasteiger partial charge in [0.25, 0.3) is 0 Å². The fourth-order valence-corrected chi connectivity index (χ4v) is 2.57. The number of hydrogen-bond acceptors (Lipinski definition) is 2. The summed E-state index contributed by atoms with van der Waals surface area (Å²) in [7, 11) is 0. The number of aryl methyl sites for hydroxylation is 3. The molecular weight excluding hydrogens is 262 g/mol. The molecule has 112 valence electrons. The van der Waals surface area contributed by atoms with Crippen LogP contribution < -0.4 is 5.32 Å². The van der Waals surface area contributed by atoms with Gasteiger partial charge in [-0.15, -0.1) is 0 Å². The van der Waals surface area contributed by atoms with E-state index in [1.807, 2.05) is 13.8 Å². The van der Waals surface area contributed by atoms with Crippen LogP contribution in [0.2, 0.25) is 0 Å². The molecule has 2 N–H and O–H groups in total. The van der Waals surface area contributed by atoms with Gasteiger partial charge in [-0.1, -0.05) is 24.3 Å². The zero-order valence-electron chi connectivity index (χ0n) is 13.2. The molecule has 2 rings (SSSR count). The lowest BCUT2D eigenvalue weighted by Crippen LogP contribution is -2.23. The van der Waals surface area contributed by atoms with Gasteiger partial charge in [-0.05, 0) is 50.3 Å². The van der Waals surface area contributed by atoms with Gasteiger partial charge in [-0.25, -0.2) is 0 Å². The van der Waals surface area contributed by atoms with Gasteiger partial charge < -0.3 is 5.32 Å². The van der Waals surface area contributed by atoms with Crippen molar-refractivity contribution in [3.8, 4) is 0 Å². The summed E-state index contributed by atoms with van der Waals surface area (Å²) in [6, 6.07) is 8.50. The predicted molar refractivity (Wildman–Crippen MR) is 84.1 cm³/mol. The number of amides is 1. The van der Waals surface area contributed by atoms with Crippen LogP contribution in [0, 0.1) is 13.8 Å². The first-order valence-electron chi connectivity index (χ1n) is 7.33. The van der Waals surface area contributed by atoms with Crippen LogP contribution in [0.3, 0.4) is 0 Å². The molecule has 0 aliphatic heterocycles. The molecule has 1 amide bonds. The molecule has 0 saturated heterocycles. The Morgan fingerprint density at radius 3 is 2.43 bits per heavy atom. The quantitative estimate of drug-likeness (QED) is 0.887. The Balaban J connectivity index is 1.98. The van der Waals surface area contributed by atoms with Crippen molar-refractivity contribution in [3.63, 3.8) is 0 Å². The maximum absolute atomic E-state index is 11.1. The van der Waals surface area contributed by atoms with Gasteiger partial charge in [0.2, 0.25) is 5.91 Å². The molecule has 0 aliphatic carbocycles. The van der Waals surface area contributed by atoms with E-state index in [1.54, 1.807) is 6.92 Å². The molecule has 1 aromatic carbocycles. The number of aromatic amines is 1. The molecule has 0 spiro atoms. The zero-order chi connectivity index (χ0) is 15.4. The van der Waals surface area contributed by atoms with E-state index in [0.29, 0.717) is 0 Å². The van der Waals surface area contributed by atoms with Crippen molar-refractivity contribution in [1.82, 2.24) is 15.5 Å². The largest absolute Gasteiger partial charge is 0.350 e. The lowest BCUT2D eigenvalue weighted by Gasteiger charge is -2.13. The van der Waals surface area contributed by atoms with E-state index >= 15 is 0 Å². The van der Waals surface area contributed by atoms with Crippen molar-refractivity contribution < 1.29 is 4.79 Å². The number of nitrogens with one attached hydrogen (secondary N) is 2. The van der Waals surface area contributed by atoms with Crippen LogP contribution in [-0.2, 0) is 17.6 Å². The van der Waals surface area contributed by atoms with Crippen LogP contribution >= 0.6 is 0 Å². The zero-order valence-corrected chi connectivity index (χ0v) is 13.2. The molecule has 21 heavy (non-hydrogen) atoms. The van der Waals surface area contributed by atoms with Crippen molar-refractivity contribution in [2.24, 2.45) is 0 Å². The summed E-state index contributed by atoms with van der Waals surface area (Å²) in [5, 5.41) is 10.1. The second-order valence-electron chi connectivity index (χ2n) is 5.58. The topological polar surface area (TPSA) is 57.8 Å². The van der Waals surface area contributed by atoms with E-state index in [1.165, 1.54) is 11.1 Å². The number of hydrogen-bond donors (Lipinski definition) is 2. The molecule has 4 heteroatoms. The number of benzene rings is 1. The molecule has 0 unspecified atom stereocenters. The van der Waals surface area contributed by atoms with Crippen molar-refractivity contribution in [1.29, 1.82) is 0 Å². The highest BCUT2D eigenvalue weighted by Gasteiger charge is 2.08. The highest BCUT2D eigenvalue weighted by Crippen LogP contribution is 2.16. The van der Waals surface area contributed by atoms with Crippen molar-refractivity contribution >= 4 is 5.91 Å². The van der Waals surface area contributed by atoms with Gasteiger partial charge in [-0.3, -0.25) is 9.89 Å². The van der Waals surface area contributed by atoms with Crippen LogP contribution in [0.4, 0.5) is 0 Å². The number of nitrogens with zero attached hydrogens (tertiary/aromatic N) is 1. The lowest BCUT2D eigenvalue weighted by atomic mass is 10.0. The number of aromatic nitrogens is 2. The van der Waals surface area contributed by atoms with E-state index in [0.717, 1.165) is 29.8 Å². The minimum Gasteiger partial charge on any atom is -0.350 e. The van der Waals surface area contributed by atoms with E-state index < -0.39 is 0 Å². The number of carbonyl (C=O) groups excluding carboxylic acids is 1. The number of H-pyrrole nitrogens is 1. The van der Waals surface area contributed by atoms with Crippen LogP contribution in [0.1, 0.15) is 48.0 Å². The number of rotatable bonds is 5. The molecule has 1 heterocycles. The standard InChI is InChI=1S/C17H23N3O/c1-11(18-14(4)21)16-8-5-15(6-9-16)7-10-17-12(2)19-20-13(17)3/h5-6,8-9,11H,7,10H2,1-4H3,(H,18,21)(H,19,20)/t11-/m0/s1. The Morgan fingerprint density at radius 1 is 1.24 bits per heavy atom. The van der Waals surface area contributed by atoms with Gasteiger partial charge in [0, 0.05) is 12.6 Å². The Morgan fingerprint density at radius 2 is 1.90 bits per heavy atom. The molecule has 4 nitrogen and oxygen atoms in total. The van der Waals surface area contributed by atoms with Gasteiger partial charge in [-0.2, -0.15) is 5.10 Å². The maximum atomic E-state index is 11.1. The van der Waals surface area contributed by atoms with E-state index in [9.17, 15) is 4.79 Å². The smallest absolute Gasteiger partial charge is 0.217 e. The maximum Gasteiger partial charge on any atom is 0.217 e. The van der Waals surface area contributed by atoms with E-state index in [4.69, 9.17) is 0 Å². The summed E-state index contributed by atoms with van der Waals surface area (Å²) in [6.07, 6.45) is 1.99. The van der Waals surface area contributed by atoms with Crippen LogP contribution in [0.15, 0.2) is 24.3 Å². The third-order valence-corrected chi connectivity index (χ3v) is 3.84. The second-order valence-corrected chi connectivity index (χ2v) is 5.58. The molecule has 0 saturated carbocycles. The third kappa shape index (κ3) is 3.94. The summed E-state index contributed by atoms with van der Waals surface area (Å²) in [6.45, 7) is 7.64. The summed E-state index contributed by atoms with van der Waals surface area (Å²) in [5.41, 5.74) is 5.98. The lowest BCUT2D eigenvalue weighted by molar-refractivity contribution is -0.119. The van der Waals surface area contributed by atoms with Gasteiger partial charge in [0.15, 0.2) is 0 Å². The van der Waals surface area contributed by atoms with E-state index in [-0.39, 0.29) is 11.9 Å². The first-order chi connectivity index (χ1) is 9.97. The third-order valence-electron chi connectivity index (χ3n) is 3.84. The van der Waals surface area contributed by atoms with Crippen molar-refractivity contribution in [3.05, 3.63) is 52.3 Å². The van der Waals surface area contributed by atoms with Crippen LogP contribution in [-0.4, -0.2) is 16.1 Å². The molecule has 0 aliphatic rings. The molecule has 2 aromatic rings. The fourth-order valence-electron chi connectivity index (χ4n) is 2.57. The minimum atomic E-state index is -0.00233. The van der Waals surface area contributed by atoms with Crippen LogP contribution in [0.5, 0.6) is 0 Å². The molecule has 1 atom stereocenters. The number of carbonyl (C=O) groups is 1. The monoisotopic (exact) mass is 285 g/mol. The normalized spacial score (nSPS) is 12.2. The summed E-state index contributed by atoms with van der Waals surface area (Å²) < 4.78 is 0. The van der Waals surface area contributed by atoms with Gasteiger partial charge >= 0.3 is 0 Å². The first kappa shape index (κ1) is 15.3. The SMILES string of the molecule is CC(=O)N[C@@H](C)c1ccc(CCc2c(C)n[nH]c2C)cc1. The summed E-state index contributed by atoms with van der Waals surface area (Å²) in [4.78, 5) is 11.1. The van der Waals surface area contributed by atoms with Crippen molar-refractivity contribution in [2.75, 3.05) is 0 Å². The molecule has 0 radical (unpaired) electrons. The molecule has 0 fully saturated rings. The Hall–Kier alpha value is -2.10. The highest BCUT2D eigenvalue weighted by atomic mass is 16.1. The van der Waals surface area contributed by atoms with E-state index in [2.05, 4.69) is 46.7 Å². The fraction of sp³-hybridized carbons (Fsp3) is 0.412. The average Bonchev–Trinajstić information content (AvgIpc) is 2.75. The highest BCUT2D eigenvalue weighted by molar-refractivity contribution is 5.73. The van der Waals surface area contributed by atoms with Gasteiger partial charge in [0.05, 0.1) is 11.7 Å². The molecule has 1 aromatic heterocycles. The second kappa shape index (κ2) is 6.57. The minimum absolute atomic E-state index is 0.00233. The molecule has 0 bridgehead atoms. The Labute approximate surface area is 126 Å².